The third-order valence-electron chi connectivity index (χ3n) is 2.76. The molecule has 2 aromatic heterocycles. The van der Waals surface area contributed by atoms with Gasteiger partial charge in [0.2, 0.25) is 0 Å². The summed E-state index contributed by atoms with van der Waals surface area (Å²) in [6.07, 6.45) is 1.28. The van der Waals surface area contributed by atoms with Gasteiger partial charge in [-0.3, -0.25) is 4.98 Å². The van der Waals surface area contributed by atoms with E-state index in [9.17, 15) is 9.90 Å². The van der Waals surface area contributed by atoms with Crippen LogP contribution in [0.5, 0.6) is 5.75 Å². The summed E-state index contributed by atoms with van der Waals surface area (Å²) in [7, 11) is 0. The van der Waals surface area contributed by atoms with E-state index in [1.807, 2.05) is 0 Å². The smallest absolute Gasteiger partial charge is 0.337 e. The average Bonchev–Trinajstić information content (AvgIpc) is 2.81. The highest BCUT2D eigenvalue weighted by molar-refractivity contribution is 5.88. The lowest BCUT2D eigenvalue weighted by Gasteiger charge is -1.96. The second-order valence-electron chi connectivity index (χ2n) is 4.07. The number of carboxylic acids is 1. The number of rotatable bonds is 2. The zero-order chi connectivity index (χ0) is 13.4. The van der Waals surface area contributed by atoms with Crippen molar-refractivity contribution in [3.63, 3.8) is 0 Å². The second-order valence-corrected chi connectivity index (χ2v) is 4.07. The molecule has 0 aliphatic carbocycles. The first-order valence-corrected chi connectivity index (χ1v) is 5.56. The van der Waals surface area contributed by atoms with E-state index in [2.05, 4.69) is 4.98 Å². The largest absolute Gasteiger partial charge is 0.508 e. The topological polar surface area (TPSA) is 83.6 Å². The fourth-order valence-electron chi connectivity index (χ4n) is 1.82. The zero-order valence-electron chi connectivity index (χ0n) is 9.70. The van der Waals surface area contributed by atoms with Gasteiger partial charge in [-0.15, -0.1) is 0 Å². The predicted molar refractivity (Wildman–Crippen MR) is 68.1 cm³/mol. The van der Waals surface area contributed by atoms with Crippen molar-refractivity contribution in [1.29, 1.82) is 0 Å². The van der Waals surface area contributed by atoms with Crippen LogP contribution in [-0.4, -0.2) is 21.2 Å². The number of pyridine rings is 1. The number of aromatic carboxylic acids is 1. The lowest BCUT2D eigenvalue weighted by Crippen LogP contribution is -1.96. The standard InChI is InChI=1S/C14H9NO4/c16-10-2-4-12-9(5-10)6-13(19-12)11-3-1-8(7-15-11)14(17)18/h1-7,16H,(H,17,18). The Bertz CT molecular complexity index is 759. The molecule has 0 saturated carbocycles. The van der Waals surface area contributed by atoms with E-state index >= 15 is 0 Å². The highest BCUT2D eigenvalue weighted by atomic mass is 16.4. The van der Waals surface area contributed by atoms with E-state index in [4.69, 9.17) is 9.52 Å². The normalized spacial score (nSPS) is 10.7. The number of phenols is 1. The molecule has 0 saturated heterocycles. The molecule has 0 bridgehead atoms. The van der Waals surface area contributed by atoms with Crippen LogP contribution in [0, 0.1) is 0 Å². The van der Waals surface area contributed by atoms with E-state index in [1.54, 1.807) is 24.3 Å². The van der Waals surface area contributed by atoms with Crippen LogP contribution in [-0.2, 0) is 0 Å². The number of aromatic nitrogens is 1. The van der Waals surface area contributed by atoms with Crippen LogP contribution in [0.2, 0.25) is 0 Å². The quantitative estimate of drug-likeness (QED) is 0.735. The molecule has 2 N–H and O–H groups in total. The van der Waals surface area contributed by atoms with Gasteiger partial charge < -0.3 is 14.6 Å². The molecule has 1 aromatic carbocycles. The minimum absolute atomic E-state index is 0.123. The summed E-state index contributed by atoms with van der Waals surface area (Å²) in [6.45, 7) is 0. The lowest BCUT2D eigenvalue weighted by molar-refractivity contribution is 0.0696. The van der Waals surface area contributed by atoms with E-state index in [0.29, 0.717) is 17.0 Å². The van der Waals surface area contributed by atoms with Crippen molar-refractivity contribution in [2.75, 3.05) is 0 Å². The highest BCUT2D eigenvalue weighted by Crippen LogP contribution is 2.28. The Labute approximate surface area is 107 Å². The number of carbonyl (C=O) groups is 1. The van der Waals surface area contributed by atoms with Gasteiger partial charge in [0.25, 0.3) is 0 Å². The zero-order valence-corrected chi connectivity index (χ0v) is 9.70. The van der Waals surface area contributed by atoms with Crippen molar-refractivity contribution in [2.45, 2.75) is 0 Å². The average molecular weight is 255 g/mol. The first-order chi connectivity index (χ1) is 9.13. The number of hydrogen-bond donors (Lipinski definition) is 2. The van der Waals surface area contributed by atoms with Gasteiger partial charge >= 0.3 is 5.97 Å². The Kier molecular flexibility index (Phi) is 2.45. The molecule has 19 heavy (non-hydrogen) atoms. The molecule has 0 radical (unpaired) electrons. The molecule has 0 aliphatic heterocycles. The summed E-state index contributed by atoms with van der Waals surface area (Å²) >= 11 is 0. The van der Waals surface area contributed by atoms with Crippen molar-refractivity contribution >= 4 is 16.9 Å². The summed E-state index contributed by atoms with van der Waals surface area (Å²) < 4.78 is 5.59. The highest BCUT2D eigenvalue weighted by Gasteiger charge is 2.09. The Balaban J connectivity index is 2.06. The Morgan fingerprint density at radius 2 is 2.00 bits per heavy atom. The Hall–Kier alpha value is -2.82. The first-order valence-electron chi connectivity index (χ1n) is 5.56. The molecule has 5 heteroatoms. The summed E-state index contributed by atoms with van der Waals surface area (Å²) in [5.74, 6) is -0.333. The van der Waals surface area contributed by atoms with Gasteiger partial charge in [-0.05, 0) is 36.4 Å². The number of hydrogen-bond acceptors (Lipinski definition) is 4. The predicted octanol–water partition coefficient (Wildman–Crippen LogP) is 2.90. The van der Waals surface area contributed by atoms with Gasteiger partial charge in [-0.25, -0.2) is 4.79 Å². The third-order valence-corrected chi connectivity index (χ3v) is 2.76. The van der Waals surface area contributed by atoms with Gasteiger partial charge in [0.1, 0.15) is 17.0 Å². The van der Waals surface area contributed by atoms with Crippen LogP contribution in [0.1, 0.15) is 10.4 Å². The second kappa shape index (κ2) is 4.13. The number of benzene rings is 1. The van der Waals surface area contributed by atoms with E-state index < -0.39 is 5.97 Å². The van der Waals surface area contributed by atoms with Crippen LogP contribution in [0.15, 0.2) is 47.0 Å². The molecule has 3 aromatic rings. The maximum atomic E-state index is 10.7. The Morgan fingerprint density at radius 1 is 1.16 bits per heavy atom. The molecule has 0 fully saturated rings. The van der Waals surface area contributed by atoms with Crippen LogP contribution in [0.4, 0.5) is 0 Å². The van der Waals surface area contributed by atoms with Gasteiger partial charge in [0, 0.05) is 11.6 Å². The van der Waals surface area contributed by atoms with Gasteiger partial charge in [-0.1, -0.05) is 0 Å². The van der Waals surface area contributed by atoms with Gasteiger partial charge in [0.15, 0.2) is 5.76 Å². The molecular weight excluding hydrogens is 246 g/mol. The molecule has 0 spiro atoms. The fraction of sp³-hybridized carbons (Fsp3) is 0. The summed E-state index contributed by atoms with van der Waals surface area (Å²) in [5, 5.41) is 18.9. The van der Waals surface area contributed by atoms with Crippen molar-refractivity contribution in [2.24, 2.45) is 0 Å². The first kappa shape index (κ1) is 11.3. The maximum absolute atomic E-state index is 10.7. The van der Waals surface area contributed by atoms with E-state index in [-0.39, 0.29) is 11.3 Å². The SMILES string of the molecule is O=C(O)c1ccc(-c2cc3cc(O)ccc3o2)nc1. The third kappa shape index (κ3) is 2.01. The minimum Gasteiger partial charge on any atom is -0.508 e. The number of nitrogens with zero attached hydrogens (tertiary/aromatic N) is 1. The van der Waals surface area contributed by atoms with Crippen LogP contribution in [0.25, 0.3) is 22.4 Å². The van der Waals surface area contributed by atoms with Gasteiger partial charge in [-0.2, -0.15) is 0 Å². The van der Waals surface area contributed by atoms with Crippen molar-refractivity contribution in [3.05, 3.63) is 48.2 Å². The molecule has 5 nitrogen and oxygen atoms in total. The molecule has 0 amide bonds. The van der Waals surface area contributed by atoms with Gasteiger partial charge in [0.05, 0.1) is 5.56 Å². The fourth-order valence-corrected chi connectivity index (χ4v) is 1.82. The maximum Gasteiger partial charge on any atom is 0.337 e. The van der Waals surface area contributed by atoms with Crippen molar-refractivity contribution in [1.82, 2.24) is 4.98 Å². The molecule has 0 unspecified atom stereocenters. The minimum atomic E-state index is -1.02. The van der Waals surface area contributed by atoms with Crippen molar-refractivity contribution < 1.29 is 19.4 Å². The molecular formula is C14H9NO4. The number of fused-ring (bicyclic) bond motifs is 1. The van der Waals surface area contributed by atoms with E-state index in [1.165, 1.54) is 18.3 Å². The number of furan rings is 1. The molecule has 2 heterocycles. The molecule has 3 rings (SSSR count). The summed E-state index contributed by atoms with van der Waals surface area (Å²) in [4.78, 5) is 14.8. The van der Waals surface area contributed by atoms with Crippen LogP contribution < -0.4 is 0 Å². The van der Waals surface area contributed by atoms with Crippen LogP contribution in [0.3, 0.4) is 0 Å². The number of aromatic hydroxyl groups is 1. The monoisotopic (exact) mass is 255 g/mol. The summed E-state index contributed by atoms with van der Waals surface area (Å²) in [5.41, 5.74) is 1.30. The molecule has 94 valence electrons. The number of carboxylic acid groups (broad SMARTS) is 1. The number of phenolic OH excluding ortho intramolecular Hbond substituents is 1. The Morgan fingerprint density at radius 3 is 2.68 bits per heavy atom. The molecule has 0 atom stereocenters. The van der Waals surface area contributed by atoms with E-state index in [0.717, 1.165) is 5.39 Å². The molecule has 0 aliphatic rings. The van der Waals surface area contributed by atoms with Crippen molar-refractivity contribution in [3.8, 4) is 17.2 Å². The lowest BCUT2D eigenvalue weighted by atomic mass is 10.2. The van der Waals surface area contributed by atoms with Crippen LogP contribution >= 0.6 is 0 Å². The summed E-state index contributed by atoms with van der Waals surface area (Å²) in [6, 6.07) is 9.60.